The molecule has 2 fully saturated rings. The summed E-state index contributed by atoms with van der Waals surface area (Å²) in [5, 5.41) is 21.4. The van der Waals surface area contributed by atoms with Crippen LogP contribution in [0, 0.1) is 17.2 Å². The van der Waals surface area contributed by atoms with E-state index in [4.69, 9.17) is 0 Å². The van der Waals surface area contributed by atoms with Gasteiger partial charge in [-0.05, 0) is 45.4 Å². The fraction of sp³-hybridized carbons (Fsp3) is 0.733. The maximum Gasteiger partial charge on any atom is 0.231 e. The van der Waals surface area contributed by atoms with Crippen molar-refractivity contribution in [2.24, 2.45) is 5.92 Å². The third-order valence-corrected chi connectivity index (χ3v) is 5.33. The predicted molar refractivity (Wildman–Crippen MR) is 83.3 cm³/mol. The van der Waals surface area contributed by atoms with Crippen molar-refractivity contribution >= 4 is 17.7 Å². The summed E-state index contributed by atoms with van der Waals surface area (Å²) >= 11 is 1.40. The molecule has 0 aromatic carbocycles. The van der Waals surface area contributed by atoms with Crippen LogP contribution in [0.2, 0.25) is 0 Å². The minimum Gasteiger partial charge on any atom is -0.337 e. The van der Waals surface area contributed by atoms with E-state index in [1.807, 2.05) is 6.92 Å². The fourth-order valence-electron chi connectivity index (χ4n) is 2.69. The molecule has 1 heterocycles. The molecular formula is C15H21N5OS. The zero-order valence-corrected chi connectivity index (χ0v) is 13.8. The highest BCUT2D eigenvalue weighted by atomic mass is 32.2. The number of hydrogen-bond acceptors (Lipinski definition) is 5. The molecule has 2 aliphatic carbocycles. The topological polar surface area (TPSA) is 83.6 Å². The van der Waals surface area contributed by atoms with Crippen LogP contribution >= 0.6 is 11.8 Å². The van der Waals surface area contributed by atoms with E-state index < -0.39 is 5.54 Å². The number of thioether (sulfide) groups is 1. The second-order valence-electron chi connectivity index (χ2n) is 6.28. The Morgan fingerprint density at radius 2 is 2.18 bits per heavy atom. The van der Waals surface area contributed by atoms with Crippen molar-refractivity contribution in [2.75, 3.05) is 5.75 Å². The summed E-state index contributed by atoms with van der Waals surface area (Å²) < 4.78 is 2.10. The van der Waals surface area contributed by atoms with Gasteiger partial charge in [0.1, 0.15) is 11.4 Å². The van der Waals surface area contributed by atoms with E-state index in [0.29, 0.717) is 11.8 Å². The molecule has 1 atom stereocenters. The lowest BCUT2D eigenvalue weighted by molar-refractivity contribution is -0.119. The van der Waals surface area contributed by atoms with Gasteiger partial charge in [-0.3, -0.25) is 4.79 Å². The molecule has 0 aliphatic heterocycles. The number of nitriles is 1. The Morgan fingerprint density at radius 1 is 1.45 bits per heavy atom. The highest BCUT2D eigenvalue weighted by Gasteiger charge is 2.43. The highest BCUT2D eigenvalue weighted by Crippen LogP contribution is 2.40. The number of aromatic nitrogens is 3. The van der Waals surface area contributed by atoms with E-state index in [-0.39, 0.29) is 11.7 Å². The van der Waals surface area contributed by atoms with Crippen molar-refractivity contribution in [3.63, 3.8) is 0 Å². The van der Waals surface area contributed by atoms with Gasteiger partial charge in [-0.1, -0.05) is 11.8 Å². The van der Waals surface area contributed by atoms with E-state index in [1.165, 1.54) is 24.6 Å². The Bertz CT molecular complexity index is 614. The van der Waals surface area contributed by atoms with E-state index in [0.717, 1.165) is 30.4 Å². The van der Waals surface area contributed by atoms with Gasteiger partial charge in [0.2, 0.25) is 5.91 Å². The van der Waals surface area contributed by atoms with Crippen LogP contribution in [0.25, 0.3) is 0 Å². The van der Waals surface area contributed by atoms with E-state index in [1.54, 1.807) is 0 Å². The first-order valence-corrected chi connectivity index (χ1v) is 8.84. The first-order chi connectivity index (χ1) is 10.6. The van der Waals surface area contributed by atoms with E-state index in [2.05, 4.69) is 33.1 Å². The molecule has 3 rings (SSSR count). The maximum absolute atomic E-state index is 12.1. The number of rotatable bonds is 7. The molecule has 2 saturated carbocycles. The van der Waals surface area contributed by atoms with Crippen LogP contribution in [0.3, 0.4) is 0 Å². The van der Waals surface area contributed by atoms with Crippen molar-refractivity contribution in [3.05, 3.63) is 5.82 Å². The van der Waals surface area contributed by atoms with Crippen molar-refractivity contribution in [2.45, 2.75) is 62.7 Å². The van der Waals surface area contributed by atoms with Gasteiger partial charge in [0.25, 0.3) is 0 Å². The molecule has 1 amide bonds. The van der Waals surface area contributed by atoms with Gasteiger partial charge in [-0.2, -0.15) is 5.26 Å². The zero-order valence-electron chi connectivity index (χ0n) is 13.0. The lowest BCUT2D eigenvalue weighted by Crippen LogP contribution is -2.47. The minimum atomic E-state index is -0.727. The largest absolute Gasteiger partial charge is 0.337 e. The SMILES string of the molecule is CCn1c(SCC(=O)N[C@@](C)(C#N)C2CC2)nnc1C1CC1. The molecule has 2 aliphatic rings. The number of carbonyl (C=O) groups is 1. The summed E-state index contributed by atoms with van der Waals surface area (Å²) in [6.07, 6.45) is 4.41. The van der Waals surface area contributed by atoms with Gasteiger partial charge < -0.3 is 9.88 Å². The monoisotopic (exact) mass is 319 g/mol. The molecule has 22 heavy (non-hydrogen) atoms. The van der Waals surface area contributed by atoms with Gasteiger partial charge in [-0.15, -0.1) is 10.2 Å². The lowest BCUT2D eigenvalue weighted by atomic mass is 9.98. The normalized spacial score (nSPS) is 20.2. The molecule has 0 saturated heterocycles. The van der Waals surface area contributed by atoms with Crippen LogP contribution in [0.4, 0.5) is 0 Å². The van der Waals surface area contributed by atoms with Gasteiger partial charge >= 0.3 is 0 Å². The molecule has 118 valence electrons. The third-order valence-electron chi connectivity index (χ3n) is 4.36. The Morgan fingerprint density at radius 3 is 2.73 bits per heavy atom. The Kier molecular flexibility index (Phi) is 4.13. The molecule has 0 bridgehead atoms. The van der Waals surface area contributed by atoms with Gasteiger partial charge in [0.15, 0.2) is 5.16 Å². The summed E-state index contributed by atoms with van der Waals surface area (Å²) in [7, 11) is 0. The fourth-order valence-corrected chi connectivity index (χ4v) is 3.49. The van der Waals surface area contributed by atoms with Crippen LogP contribution in [0.5, 0.6) is 0 Å². The van der Waals surface area contributed by atoms with E-state index in [9.17, 15) is 10.1 Å². The molecule has 1 N–H and O–H groups in total. The van der Waals surface area contributed by atoms with Crippen LogP contribution in [0.15, 0.2) is 5.16 Å². The number of nitrogens with zero attached hydrogens (tertiary/aromatic N) is 4. The van der Waals surface area contributed by atoms with Crippen LogP contribution in [-0.4, -0.2) is 32.0 Å². The number of amides is 1. The van der Waals surface area contributed by atoms with Crippen LogP contribution in [0.1, 0.15) is 51.3 Å². The average molecular weight is 319 g/mol. The standard InChI is InChI=1S/C15H21N5OS/c1-3-20-13(10-4-5-10)18-19-14(20)22-8-12(21)17-15(2,9-16)11-6-7-11/h10-11H,3-8H2,1-2H3,(H,17,21)/t15-/m0/s1. The Labute approximate surface area is 134 Å². The number of carbonyl (C=O) groups excluding carboxylic acids is 1. The zero-order chi connectivity index (χ0) is 15.7. The summed E-state index contributed by atoms with van der Waals surface area (Å²) in [5.41, 5.74) is -0.727. The first kappa shape index (κ1) is 15.3. The van der Waals surface area contributed by atoms with Crippen LogP contribution < -0.4 is 5.32 Å². The highest BCUT2D eigenvalue weighted by molar-refractivity contribution is 7.99. The Balaban J connectivity index is 1.58. The average Bonchev–Trinajstić information content (AvgIpc) is 3.40. The number of hydrogen-bond donors (Lipinski definition) is 1. The van der Waals surface area contributed by atoms with Crippen molar-refractivity contribution in [1.82, 2.24) is 20.1 Å². The number of nitrogens with one attached hydrogen (secondary N) is 1. The van der Waals surface area contributed by atoms with Crippen molar-refractivity contribution in [1.29, 1.82) is 5.26 Å². The molecule has 0 spiro atoms. The second-order valence-corrected chi connectivity index (χ2v) is 7.23. The third kappa shape index (κ3) is 3.12. The molecule has 6 nitrogen and oxygen atoms in total. The predicted octanol–water partition coefficient (Wildman–Crippen LogP) is 2.08. The molecular weight excluding hydrogens is 298 g/mol. The smallest absolute Gasteiger partial charge is 0.231 e. The first-order valence-electron chi connectivity index (χ1n) is 7.85. The summed E-state index contributed by atoms with van der Waals surface area (Å²) in [5.74, 6) is 2.05. The minimum absolute atomic E-state index is 0.112. The second kappa shape index (κ2) is 5.92. The molecule has 0 radical (unpaired) electrons. The molecule has 7 heteroatoms. The van der Waals surface area contributed by atoms with Crippen molar-refractivity contribution in [3.8, 4) is 6.07 Å². The van der Waals surface area contributed by atoms with Gasteiger partial charge in [-0.25, -0.2) is 0 Å². The molecule has 1 aromatic heterocycles. The molecule has 0 unspecified atom stereocenters. The summed E-state index contributed by atoms with van der Waals surface area (Å²) in [6.45, 7) is 4.70. The molecule has 1 aromatic rings. The van der Waals surface area contributed by atoms with E-state index >= 15 is 0 Å². The summed E-state index contributed by atoms with van der Waals surface area (Å²) in [6, 6.07) is 2.24. The summed E-state index contributed by atoms with van der Waals surface area (Å²) in [4.78, 5) is 12.1. The van der Waals surface area contributed by atoms with Gasteiger partial charge in [0, 0.05) is 12.5 Å². The van der Waals surface area contributed by atoms with Crippen LogP contribution in [-0.2, 0) is 11.3 Å². The quantitative estimate of drug-likeness (QED) is 0.778. The Hall–Kier alpha value is -1.55. The lowest BCUT2D eigenvalue weighted by Gasteiger charge is -2.22. The van der Waals surface area contributed by atoms with Gasteiger partial charge in [0.05, 0.1) is 11.8 Å². The van der Waals surface area contributed by atoms with Crippen molar-refractivity contribution < 1.29 is 4.79 Å². The maximum atomic E-state index is 12.1.